The Morgan fingerprint density at radius 1 is 1.28 bits per heavy atom. The Bertz CT molecular complexity index is 419. The van der Waals surface area contributed by atoms with E-state index in [9.17, 15) is 4.79 Å². The molecule has 0 unspecified atom stereocenters. The van der Waals surface area contributed by atoms with Crippen LogP contribution in [0.3, 0.4) is 0 Å². The van der Waals surface area contributed by atoms with Crippen LogP contribution in [-0.2, 0) is 0 Å². The average Bonchev–Trinajstić information content (AvgIpc) is 2.35. The van der Waals surface area contributed by atoms with Crippen LogP contribution in [0.25, 0.3) is 0 Å². The molecule has 1 aromatic carbocycles. The van der Waals surface area contributed by atoms with Crippen molar-refractivity contribution < 1.29 is 4.79 Å². The van der Waals surface area contributed by atoms with E-state index in [-0.39, 0.29) is 11.4 Å². The zero-order valence-electron chi connectivity index (χ0n) is 11.3. The molecule has 1 saturated carbocycles. The van der Waals surface area contributed by atoms with Crippen LogP contribution in [0.2, 0.25) is 0 Å². The van der Waals surface area contributed by atoms with Crippen molar-refractivity contribution in [1.29, 1.82) is 0 Å². The van der Waals surface area contributed by atoms with E-state index in [0.29, 0.717) is 0 Å². The van der Waals surface area contributed by atoms with Crippen molar-refractivity contribution >= 4 is 11.6 Å². The lowest BCUT2D eigenvalue weighted by molar-refractivity contribution is 0.0821. The maximum Gasteiger partial charge on any atom is 0.253 e. The van der Waals surface area contributed by atoms with E-state index >= 15 is 0 Å². The fourth-order valence-electron chi connectivity index (χ4n) is 2.50. The minimum atomic E-state index is 0.0492. The minimum Gasteiger partial charge on any atom is -0.385 e. The van der Waals surface area contributed by atoms with Crippen LogP contribution >= 0.6 is 0 Å². The molecule has 2 N–H and O–H groups in total. The molecule has 1 amide bonds. The quantitative estimate of drug-likeness (QED) is 0.837. The highest BCUT2D eigenvalue weighted by molar-refractivity contribution is 6.00. The van der Waals surface area contributed by atoms with Gasteiger partial charge in [0, 0.05) is 17.8 Å². The first-order chi connectivity index (χ1) is 8.71. The van der Waals surface area contributed by atoms with Gasteiger partial charge in [-0.25, -0.2) is 0 Å². The third kappa shape index (κ3) is 2.50. The summed E-state index contributed by atoms with van der Waals surface area (Å²) in [6, 6.07) is 7.70. The molecule has 0 aliphatic heterocycles. The molecule has 0 saturated heterocycles. The highest BCUT2D eigenvalue weighted by atomic mass is 16.1. The normalized spacial score (nSPS) is 16.8. The standard InChI is InChI=1S/C15H22N2O/c1-3-15(10-7-11-15)17-14(18)12-8-5-6-9-13(12)16-4-2/h5-6,8-9,16H,3-4,7,10-11H2,1-2H3,(H,17,18). The maximum atomic E-state index is 12.4. The van der Waals surface area contributed by atoms with Crippen LogP contribution in [0.1, 0.15) is 49.9 Å². The largest absolute Gasteiger partial charge is 0.385 e. The Hall–Kier alpha value is -1.51. The van der Waals surface area contributed by atoms with Gasteiger partial charge in [-0.15, -0.1) is 0 Å². The van der Waals surface area contributed by atoms with Gasteiger partial charge in [0.25, 0.3) is 5.91 Å². The monoisotopic (exact) mass is 246 g/mol. The first-order valence-corrected chi connectivity index (χ1v) is 6.86. The van der Waals surface area contributed by atoms with E-state index in [2.05, 4.69) is 17.6 Å². The van der Waals surface area contributed by atoms with Gasteiger partial charge in [-0.05, 0) is 44.7 Å². The number of carbonyl (C=O) groups excluding carboxylic acids is 1. The van der Waals surface area contributed by atoms with Gasteiger partial charge in [-0.1, -0.05) is 19.1 Å². The molecule has 3 nitrogen and oxygen atoms in total. The fraction of sp³-hybridized carbons (Fsp3) is 0.533. The number of nitrogens with one attached hydrogen (secondary N) is 2. The molecule has 0 radical (unpaired) electrons. The smallest absolute Gasteiger partial charge is 0.253 e. The molecule has 2 rings (SSSR count). The van der Waals surface area contributed by atoms with E-state index in [1.165, 1.54) is 6.42 Å². The van der Waals surface area contributed by atoms with Crippen LogP contribution in [0.4, 0.5) is 5.69 Å². The molecule has 1 aromatic rings. The minimum absolute atomic E-state index is 0.0492. The highest BCUT2D eigenvalue weighted by Gasteiger charge is 2.36. The fourth-order valence-corrected chi connectivity index (χ4v) is 2.50. The summed E-state index contributed by atoms with van der Waals surface area (Å²) >= 11 is 0. The summed E-state index contributed by atoms with van der Waals surface area (Å²) < 4.78 is 0. The second kappa shape index (κ2) is 5.42. The Morgan fingerprint density at radius 2 is 2.00 bits per heavy atom. The second-order valence-corrected chi connectivity index (χ2v) is 5.02. The molecule has 0 aromatic heterocycles. The lowest BCUT2D eigenvalue weighted by Gasteiger charge is -2.42. The summed E-state index contributed by atoms with van der Waals surface area (Å²) in [5.41, 5.74) is 1.72. The van der Waals surface area contributed by atoms with Crippen LogP contribution in [0.15, 0.2) is 24.3 Å². The molecule has 0 atom stereocenters. The number of hydrogen-bond acceptors (Lipinski definition) is 2. The molecule has 1 aliphatic rings. The predicted octanol–water partition coefficient (Wildman–Crippen LogP) is 3.18. The Labute approximate surface area is 109 Å². The van der Waals surface area contributed by atoms with Crippen molar-refractivity contribution in [3.8, 4) is 0 Å². The van der Waals surface area contributed by atoms with Gasteiger partial charge in [0.15, 0.2) is 0 Å². The van der Waals surface area contributed by atoms with Crippen molar-refractivity contribution in [2.75, 3.05) is 11.9 Å². The Balaban J connectivity index is 2.13. The van der Waals surface area contributed by atoms with Gasteiger partial charge >= 0.3 is 0 Å². The van der Waals surface area contributed by atoms with E-state index in [1.54, 1.807) is 0 Å². The van der Waals surface area contributed by atoms with Gasteiger partial charge in [0.1, 0.15) is 0 Å². The first-order valence-electron chi connectivity index (χ1n) is 6.86. The molecule has 1 fully saturated rings. The van der Waals surface area contributed by atoms with Crippen LogP contribution in [0.5, 0.6) is 0 Å². The number of amides is 1. The Kier molecular flexibility index (Phi) is 3.90. The third-order valence-electron chi connectivity index (χ3n) is 3.91. The van der Waals surface area contributed by atoms with Crippen LogP contribution in [0, 0.1) is 0 Å². The van der Waals surface area contributed by atoms with Crippen molar-refractivity contribution in [2.24, 2.45) is 0 Å². The SMILES string of the molecule is CCNc1ccccc1C(=O)NC1(CC)CCC1. The molecule has 0 spiro atoms. The van der Waals surface area contributed by atoms with Crippen molar-refractivity contribution in [1.82, 2.24) is 5.32 Å². The van der Waals surface area contributed by atoms with Crippen molar-refractivity contribution in [3.63, 3.8) is 0 Å². The van der Waals surface area contributed by atoms with E-state index in [4.69, 9.17) is 0 Å². The maximum absolute atomic E-state index is 12.4. The van der Waals surface area contributed by atoms with Gasteiger partial charge in [-0.2, -0.15) is 0 Å². The molecular weight excluding hydrogens is 224 g/mol. The van der Waals surface area contributed by atoms with E-state index in [1.807, 2.05) is 31.2 Å². The molecule has 0 heterocycles. The number of carbonyl (C=O) groups is 1. The van der Waals surface area contributed by atoms with Crippen LogP contribution in [-0.4, -0.2) is 18.0 Å². The summed E-state index contributed by atoms with van der Waals surface area (Å²) in [6.07, 6.45) is 4.46. The van der Waals surface area contributed by atoms with E-state index < -0.39 is 0 Å². The highest BCUT2D eigenvalue weighted by Crippen LogP contribution is 2.35. The number of para-hydroxylation sites is 1. The summed E-state index contributed by atoms with van der Waals surface area (Å²) in [6.45, 7) is 5.01. The van der Waals surface area contributed by atoms with Gasteiger partial charge in [0.2, 0.25) is 0 Å². The summed E-state index contributed by atoms with van der Waals surface area (Å²) in [7, 11) is 0. The predicted molar refractivity (Wildman–Crippen MR) is 74.9 cm³/mol. The summed E-state index contributed by atoms with van der Waals surface area (Å²) in [5, 5.41) is 6.45. The summed E-state index contributed by atoms with van der Waals surface area (Å²) in [5.74, 6) is 0.0492. The topological polar surface area (TPSA) is 41.1 Å². The van der Waals surface area contributed by atoms with Gasteiger partial charge < -0.3 is 10.6 Å². The first kappa shape index (κ1) is 12.9. The van der Waals surface area contributed by atoms with E-state index in [0.717, 1.165) is 37.1 Å². The summed E-state index contributed by atoms with van der Waals surface area (Å²) in [4.78, 5) is 12.4. The zero-order chi connectivity index (χ0) is 13.0. The lowest BCUT2D eigenvalue weighted by Crippen LogP contribution is -2.53. The molecule has 18 heavy (non-hydrogen) atoms. The zero-order valence-corrected chi connectivity index (χ0v) is 11.3. The van der Waals surface area contributed by atoms with Crippen molar-refractivity contribution in [2.45, 2.75) is 45.1 Å². The molecule has 98 valence electrons. The molecule has 1 aliphatic carbocycles. The lowest BCUT2D eigenvalue weighted by atomic mass is 9.74. The third-order valence-corrected chi connectivity index (χ3v) is 3.91. The van der Waals surface area contributed by atoms with Crippen molar-refractivity contribution in [3.05, 3.63) is 29.8 Å². The number of rotatable bonds is 5. The molecule has 3 heteroatoms. The average molecular weight is 246 g/mol. The number of benzene rings is 1. The van der Waals surface area contributed by atoms with Gasteiger partial charge in [0.05, 0.1) is 5.56 Å². The number of hydrogen-bond donors (Lipinski definition) is 2. The molecular formula is C15H22N2O. The van der Waals surface area contributed by atoms with Crippen LogP contribution < -0.4 is 10.6 Å². The van der Waals surface area contributed by atoms with Gasteiger partial charge in [-0.3, -0.25) is 4.79 Å². The molecule has 0 bridgehead atoms. The second-order valence-electron chi connectivity index (χ2n) is 5.02. The Morgan fingerprint density at radius 3 is 2.56 bits per heavy atom. The number of anilines is 1.